The Morgan fingerprint density at radius 2 is 2.05 bits per heavy atom. The first-order chi connectivity index (χ1) is 10.0. The van der Waals surface area contributed by atoms with Crippen molar-refractivity contribution >= 4 is 23.3 Å². The Bertz CT molecular complexity index is 646. The second-order valence-corrected chi connectivity index (χ2v) is 5.33. The maximum atomic E-state index is 12.1. The molecule has 0 fully saturated rings. The topological polar surface area (TPSA) is 81.3 Å². The molecule has 0 bridgehead atoms. The molecule has 2 aromatic heterocycles. The smallest absolute Gasteiger partial charge is 0.355 e. The van der Waals surface area contributed by atoms with Crippen molar-refractivity contribution in [3.8, 4) is 0 Å². The van der Waals surface area contributed by atoms with E-state index in [1.807, 2.05) is 5.38 Å². The summed E-state index contributed by atoms with van der Waals surface area (Å²) in [6.45, 7) is 5.54. The van der Waals surface area contributed by atoms with Gasteiger partial charge in [-0.1, -0.05) is 0 Å². The number of hydrogen-bond acceptors (Lipinski definition) is 6. The predicted molar refractivity (Wildman–Crippen MR) is 77.5 cm³/mol. The second-order valence-electron chi connectivity index (χ2n) is 4.35. The Balaban J connectivity index is 2.14. The molecule has 0 spiro atoms. The fourth-order valence-electron chi connectivity index (χ4n) is 1.99. The third kappa shape index (κ3) is 3.30. The summed E-state index contributed by atoms with van der Waals surface area (Å²) in [7, 11) is 0. The molecule has 1 N–H and O–H groups in total. The van der Waals surface area contributed by atoms with Crippen molar-refractivity contribution in [3.05, 3.63) is 39.1 Å². The van der Waals surface area contributed by atoms with Gasteiger partial charge < -0.3 is 14.5 Å². The molecule has 0 aliphatic heterocycles. The van der Waals surface area contributed by atoms with E-state index in [1.54, 1.807) is 27.0 Å². The number of aromatic nitrogens is 2. The molecule has 0 amide bonds. The van der Waals surface area contributed by atoms with E-state index in [4.69, 9.17) is 9.47 Å². The third-order valence-electron chi connectivity index (χ3n) is 2.93. The average molecular weight is 308 g/mol. The summed E-state index contributed by atoms with van der Waals surface area (Å²) in [5.41, 5.74) is 1.78. The Kier molecular flexibility index (Phi) is 4.74. The molecular weight excluding hydrogens is 292 g/mol. The van der Waals surface area contributed by atoms with Gasteiger partial charge in [-0.25, -0.2) is 14.6 Å². The van der Waals surface area contributed by atoms with Crippen LogP contribution in [0.5, 0.6) is 0 Å². The van der Waals surface area contributed by atoms with Crippen LogP contribution in [0.25, 0.3) is 0 Å². The Hall–Kier alpha value is -2.15. The number of nitrogens with one attached hydrogen (secondary N) is 1. The molecule has 0 atom stereocenters. The van der Waals surface area contributed by atoms with Crippen molar-refractivity contribution in [1.29, 1.82) is 0 Å². The van der Waals surface area contributed by atoms with E-state index in [0.717, 1.165) is 5.01 Å². The zero-order chi connectivity index (χ0) is 15.4. The zero-order valence-electron chi connectivity index (χ0n) is 12.1. The molecule has 2 heterocycles. The third-order valence-corrected chi connectivity index (χ3v) is 3.68. The van der Waals surface area contributed by atoms with E-state index in [0.29, 0.717) is 16.8 Å². The van der Waals surface area contributed by atoms with Gasteiger partial charge in [0.05, 0.1) is 12.2 Å². The van der Waals surface area contributed by atoms with Gasteiger partial charge in [-0.3, -0.25) is 0 Å². The van der Waals surface area contributed by atoms with Crippen LogP contribution in [0.3, 0.4) is 0 Å². The minimum atomic E-state index is -0.513. The lowest BCUT2D eigenvalue weighted by atomic mass is 10.1. The van der Waals surface area contributed by atoms with Crippen LogP contribution in [0, 0.1) is 13.8 Å². The quantitative estimate of drug-likeness (QED) is 0.859. The minimum absolute atomic E-state index is 0.114. The molecule has 21 heavy (non-hydrogen) atoms. The summed E-state index contributed by atoms with van der Waals surface area (Å²) >= 11 is 1.41. The lowest BCUT2D eigenvalue weighted by molar-refractivity contribution is 0.0465. The predicted octanol–water partition coefficient (Wildman–Crippen LogP) is 2.62. The molecule has 0 radical (unpaired) electrons. The molecule has 0 aliphatic rings. The highest BCUT2D eigenvalue weighted by atomic mass is 32.1. The molecule has 2 aromatic rings. The lowest BCUT2D eigenvalue weighted by Gasteiger charge is -2.03. The van der Waals surface area contributed by atoms with Crippen molar-refractivity contribution in [2.24, 2.45) is 0 Å². The van der Waals surface area contributed by atoms with Crippen molar-refractivity contribution < 1.29 is 19.1 Å². The summed E-state index contributed by atoms with van der Waals surface area (Å²) in [6.07, 6.45) is 1.65. The Labute approximate surface area is 126 Å². The molecule has 0 aromatic carbocycles. The molecule has 112 valence electrons. The summed E-state index contributed by atoms with van der Waals surface area (Å²) in [6, 6.07) is 0. The largest absolute Gasteiger partial charge is 0.462 e. The number of esters is 2. The standard InChI is InChI=1S/C14H16N2O4S/c1-4-19-13(17)11-8(2)12(16-9(11)3)14(18)20-7-10-15-5-6-21-10/h5-6,16H,4,7H2,1-3H3. The van der Waals surface area contributed by atoms with Crippen LogP contribution in [-0.4, -0.2) is 28.5 Å². The molecular formula is C14H16N2O4S. The maximum Gasteiger partial charge on any atom is 0.355 e. The van der Waals surface area contributed by atoms with Gasteiger partial charge in [0, 0.05) is 17.3 Å². The van der Waals surface area contributed by atoms with E-state index >= 15 is 0 Å². The van der Waals surface area contributed by atoms with E-state index in [9.17, 15) is 9.59 Å². The molecule has 2 rings (SSSR count). The van der Waals surface area contributed by atoms with Gasteiger partial charge in [0.15, 0.2) is 0 Å². The Morgan fingerprint density at radius 1 is 1.29 bits per heavy atom. The number of aromatic amines is 1. The highest BCUT2D eigenvalue weighted by Gasteiger charge is 2.23. The van der Waals surface area contributed by atoms with Crippen LogP contribution in [0.4, 0.5) is 0 Å². The highest BCUT2D eigenvalue weighted by molar-refractivity contribution is 7.09. The van der Waals surface area contributed by atoms with Gasteiger partial charge in [-0.15, -0.1) is 11.3 Å². The number of carbonyl (C=O) groups excluding carboxylic acids is 2. The van der Waals surface area contributed by atoms with Gasteiger partial charge in [0.25, 0.3) is 0 Å². The van der Waals surface area contributed by atoms with Crippen LogP contribution in [0.15, 0.2) is 11.6 Å². The molecule has 0 saturated heterocycles. The van der Waals surface area contributed by atoms with Crippen molar-refractivity contribution in [1.82, 2.24) is 9.97 Å². The van der Waals surface area contributed by atoms with Crippen molar-refractivity contribution in [3.63, 3.8) is 0 Å². The molecule has 7 heteroatoms. The SMILES string of the molecule is CCOC(=O)c1c(C)[nH]c(C(=O)OCc2nccs2)c1C. The number of nitrogens with zero attached hydrogens (tertiary/aromatic N) is 1. The van der Waals surface area contributed by atoms with Crippen LogP contribution in [0.1, 0.15) is 44.0 Å². The number of aryl methyl sites for hydroxylation is 1. The van der Waals surface area contributed by atoms with Crippen LogP contribution in [-0.2, 0) is 16.1 Å². The molecule has 0 unspecified atom stereocenters. The second kappa shape index (κ2) is 6.53. The number of ether oxygens (including phenoxy) is 2. The van der Waals surface area contributed by atoms with Crippen LogP contribution in [0.2, 0.25) is 0 Å². The first kappa shape index (κ1) is 15.2. The van der Waals surface area contributed by atoms with Gasteiger partial charge in [-0.2, -0.15) is 0 Å². The van der Waals surface area contributed by atoms with E-state index < -0.39 is 11.9 Å². The van der Waals surface area contributed by atoms with Gasteiger partial charge in [-0.05, 0) is 26.3 Å². The summed E-state index contributed by atoms with van der Waals surface area (Å²) in [4.78, 5) is 30.9. The maximum absolute atomic E-state index is 12.1. The lowest BCUT2D eigenvalue weighted by Crippen LogP contribution is -2.09. The monoisotopic (exact) mass is 308 g/mol. The van der Waals surface area contributed by atoms with Gasteiger partial charge in [0.2, 0.25) is 0 Å². The molecule has 0 saturated carbocycles. The average Bonchev–Trinajstić information content (AvgIpc) is 3.04. The van der Waals surface area contributed by atoms with Gasteiger partial charge in [0.1, 0.15) is 17.3 Å². The number of hydrogen-bond donors (Lipinski definition) is 1. The van der Waals surface area contributed by atoms with E-state index in [1.165, 1.54) is 11.3 Å². The van der Waals surface area contributed by atoms with E-state index in [-0.39, 0.29) is 18.9 Å². The first-order valence-corrected chi connectivity index (χ1v) is 7.34. The minimum Gasteiger partial charge on any atom is -0.462 e. The summed E-state index contributed by atoms with van der Waals surface area (Å²) < 4.78 is 10.2. The fraction of sp³-hybridized carbons (Fsp3) is 0.357. The molecule has 6 nitrogen and oxygen atoms in total. The highest BCUT2D eigenvalue weighted by Crippen LogP contribution is 2.20. The summed E-state index contributed by atoms with van der Waals surface area (Å²) in [5.74, 6) is -0.955. The molecule has 0 aliphatic carbocycles. The van der Waals surface area contributed by atoms with Crippen LogP contribution < -0.4 is 0 Å². The summed E-state index contributed by atoms with van der Waals surface area (Å²) in [5, 5.41) is 2.53. The van der Waals surface area contributed by atoms with Crippen molar-refractivity contribution in [2.75, 3.05) is 6.61 Å². The Morgan fingerprint density at radius 3 is 2.67 bits per heavy atom. The number of carbonyl (C=O) groups is 2. The van der Waals surface area contributed by atoms with Gasteiger partial charge >= 0.3 is 11.9 Å². The first-order valence-electron chi connectivity index (χ1n) is 6.46. The number of rotatable bonds is 5. The van der Waals surface area contributed by atoms with Crippen LogP contribution >= 0.6 is 11.3 Å². The fourth-order valence-corrected chi connectivity index (χ4v) is 2.51. The normalized spacial score (nSPS) is 10.4. The number of thiazole rings is 1. The van der Waals surface area contributed by atoms with Crippen molar-refractivity contribution in [2.45, 2.75) is 27.4 Å². The number of H-pyrrole nitrogens is 1. The zero-order valence-corrected chi connectivity index (χ0v) is 12.9. The van der Waals surface area contributed by atoms with E-state index in [2.05, 4.69) is 9.97 Å².